The number of carbonyl (C=O) groups is 1. The summed E-state index contributed by atoms with van der Waals surface area (Å²) in [4.78, 5) is 11.1. The number of primary amides is 1. The Morgan fingerprint density at radius 3 is 2.50 bits per heavy atom. The van der Waals surface area contributed by atoms with Gasteiger partial charge in [0.1, 0.15) is 0 Å². The van der Waals surface area contributed by atoms with Crippen LogP contribution in [0.2, 0.25) is 0 Å². The molecular weight excluding hydrogens is 200 g/mol. The quantitative estimate of drug-likeness (QED) is 0.767. The molecule has 1 atom stereocenters. The summed E-state index contributed by atoms with van der Waals surface area (Å²) in [7, 11) is 0. The largest absolute Gasteiger partial charge is 0.370 e. The van der Waals surface area contributed by atoms with E-state index in [0.29, 0.717) is 6.42 Å². The van der Waals surface area contributed by atoms with Gasteiger partial charge in [0.05, 0.1) is 0 Å². The molecule has 0 bridgehead atoms. The predicted octanol–water partition coefficient (Wildman–Crippen LogP) is 1.78. The molecule has 0 aliphatic heterocycles. The van der Waals surface area contributed by atoms with E-state index in [1.807, 2.05) is 37.3 Å². The Kier molecular flexibility index (Phi) is 4.50. The summed E-state index contributed by atoms with van der Waals surface area (Å²) in [6.07, 6.45) is 1.35. The lowest BCUT2D eigenvalue weighted by Crippen LogP contribution is -2.43. The van der Waals surface area contributed by atoms with Crippen molar-refractivity contribution in [2.75, 3.05) is 6.54 Å². The van der Waals surface area contributed by atoms with Gasteiger partial charge >= 0.3 is 0 Å². The Morgan fingerprint density at radius 2 is 2.00 bits per heavy atom. The molecule has 0 spiro atoms. The van der Waals surface area contributed by atoms with Gasteiger partial charge in [0, 0.05) is 12.0 Å². The highest BCUT2D eigenvalue weighted by atomic mass is 16.1. The summed E-state index contributed by atoms with van der Waals surface area (Å²) in [5.74, 6) is -0.282. The van der Waals surface area contributed by atoms with Gasteiger partial charge in [0.25, 0.3) is 0 Å². The van der Waals surface area contributed by atoms with E-state index < -0.39 is 0 Å². The van der Waals surface area contributed by atoms with E-state index in [0.717, 1.165) is 18.5 Å². The fourth-order valence-electron chi connectivity index (χ4n) is 1.82. The molecule has 0 saturated heterocycles. The van der Waals surface area contributed by atoms with Gasteiger partial charge in [0.2, 0.25) is 5.91 Å². The topological polar surface area (TPSA) is 55.1 Å². The molecule has 3 N–H and O–H groups in total. The predicted molar refractivity (Wildman–Crippen MR) is 65.9 cm³/mol. The zero-order valence-corrected chi connectivity index (χ0v) is 9.99. The van der Waals surface area contributed by atoms with E-state index in [1.165, 1.54) is 0 Å². The summed E-state index contributed by atoms with van der Waals surface area (Å²) >= 11 is 0. The highest BCUT2D eigenvalue weighted by Crippen LogP contribution is 2.24. The van der Waals surface area contributed by atoms with Crippen molar-refractivity contribution in [3.63, 3.8) is 0 Å². The maximum atomic E-state index is 11.1. The lowest BCUT2D eigenvalue weighted by molar-refractivity contribution is -0.119. The second kappa shape index (κ2) is 5.66. The number of hydrogen-bond acceptors (Lipinski definition) is 2. The number of nitrogens with one attached hydrogen (secondary N) is 1. The van der Waals surface area contributed by atoms with Crippen LogP contribution in [-0.2, 0) is 10.3 Å². The second-order valence-electron chi connectivity index (χ2n) is 4.27. The molecule has 0 fully saturated rings. The van der Waals surface area contributed by atoms with E-state index >= 15 is 0 Å². The number of amides is 1. The van der Waals surface area contributed by atoms with Crippen LogP contribution in [0.4, 0.5) is 0 Å². The standard InChI is InChI=1S/C13H20N2O/c1-3-9-15-13(2,10-12(14)16)11-7-5-4-6-8-11/h4-8,15H,3,9-10H2,1-2H3,(H2,14,16). The van der Waals surface area contributed by atoms with Gasteiger partial charge in [-0.15, -0.1) is 0 Å². The molecule has 0 aliphatic rings. The first kappa shape index (κ1) is 12.7. The van der Waals surface area contributed by atoms with Gasteiger partial charge in [0.15, 0.2) is 0 Å². The minimum Gasteiger partial charge on any atom is -0.370 e. The van der Waals surface area contributed by atoms with Crippen LogP contribution in [0.3, 0.4) is 0 Å². The van der Waals surface area contributed by atoms with E-state index in [9.17, 15) is 4.79 Å². The lowest BCUT2D eigenvalue weighted by atomic mass is 9.88. The summed E-state index contributed by atoms with van der Waals surface area (Å²) in [6, 6.07) is 9.95. The molecule has 1 rings (SSSR count). The Hall–Kier alpha value is -1.35. The fraction of sp³-hybridized carbons (Fsp3) is 0.462. The first-order chi connectivity index (χ1) is 7.58. The number of benzene rings is 1. The van der Waals surface area contributed by atoms with Gasteiger partial charge in [-0.3, -0.25) is 4.79 Å². The molecule has 3 heteroatoms. The van der Waals surface area contributed by atoms with Crippen molar-refractivity contribution in [1.82, 2.24) is 5.32 Å². The highest BCUT2D eigenvalue weighted by molar-refractivity contribution is 5.75. The van der Waals surface area contributed by atoms with Crippen molar-refractivity contribution in [2.24, 2.45) is 5.73 Å². The van der Waals surface area contributed by atoms with Crippen molar-refractivity contribution in [1.29, 1.82) is 0 Å². The van der Waals surface area contributed by atoms with Gasteiger partial charge in [-0.1, -0.05) is 37.3 Å². The minimum absolute atomic E-state index is 0.282. The average molecular weight is 220 g/mol. The van der Waals surface area contributed by atoms with Gasteiger partial charge < -0.3 is 11.1 Å². The first-order valence-electron chi connectivity index (χ1n) is 5.67. The van der Waals surface area contributed by atoms with Crippen LogP contribution in [0.5, 0.6) is 0 Å². The normalized spacial score (nSPS) is 14.4. The van der Waals surface area contributed by atoms with Crippen LogP contribution in [0, 0.1) is 0 Å². The zero-order valence-electron chi connectivity index (χ0n) is 9.99. The van der Waals surface area contributed by atoms with E-state index in [4.69, 9.17) is 5.73 Å². The molecule has 0 aliphatic carbocycles. The smallest absolute Gasteiger partial charge is 0.219 e. The molecule has 1 unspecified atom stereocenters. The summed E-state index contributed by atoms with van der Waals surface area (Å²) in [5, 5.41) is 3.39. The van der Waals surface area contributed by atoms with Crippen molar-refractivity contribution in [3.8, 4) is 0 Å². The fourth-order valence-corrected chi connectivity index (χ4v) is 1.82. The van der Waals surface area contributed by atoms with Crippen LogP contribution >= 0.6 is 0 Å². The lowest BCUT2D eigenvalue weighted by Gasteiger charge is -2.30. The molecule has 1 amide bonds. The zero-order chi connectivity index (χ0) is 12.0. The monoisotopic (exact) mass is 220 g/mol. The Balaban J connectivity index is 2.90. The Bertz CT molecular complexity index is 337. The van der Waals surface area contributed by atoms with E-state index in [1.54, 1.807) is 0 Å². The summed E-state index contributed by atoms with van der Waals surface area (Å²) in [6.45, 7) is 4.99. The SMILES string of the molecule is CCCNC(C)(CC(N)=O)c1ccccc1. The average Bonchev–Trinajstić information content (AvgIpc) is 2.27. The highest BCUT2D eigenvalue weighted by Gasteiger charge is 2.27. The van der Waals surface area contributed by atoms with Crippen LogP contribution in [-0.4, -0.2) is 12.5 Å². The van der Waals surface area contributed by atoms with Crippen molar-refractivity contribution in [2.45, 2.75) is 32.2 Å². The van der Waals surface area contributed by atoms with Crippen molar-refractivity contribution < 1.29 is 4.79 Å². The number of hydrogen-bond donors (Lipinski definition) is 2. The first-order valence-corrected chi connectivity index (χ1v) is 5.67. The maximum Gasteiger partial charge on any atom is 0.219 e. The van der Waals surface area contributed by atoms with Crippen molar-refractivity contribution >= 4 is 5.91 Å². The third-order valence-corrected chi connectivity index (χ3v) is 2.70. The molecule has 3 nitrogen and oxygen atoms in total. The number of rotatable bonds is 6. The molecular formula is C13H20N2O. The molecule has 1 aromatic carbocycles. The minimum atomic E-state index is -0.358. The molecule has 0 saturated carbocycles. The third-order valence-electron chi connectivity index (χ3n) is 2.70. The van der Waals surface area contributed by atoms with E-state index in [-0.39, 0.29) is 11.4 Å². The van der Waals surface area contributed by atoms with Gasteiger partial charge in [-0.2, -0.15) is 0 Å². The molecule has 1 aromatic rings. The molecule has 0 aromatic heterocycles. The van der Waals surface area contributed by atoms with Gasteiger partial charge in [-0.25, -0.2) is 0 Å². The Labute approximate surface area is 97.0 Å². The second-order valence-corrected chi connectivity index (χ2v) is 4.27. The molecule has 0 heterocycles. The van der Waals surface area contributed by atoms with Crippen LogP contribution < -0.4 is 11.1 Å². The van der Waals surface area contributed by atoms with Crippen LogP contribution in [0.25, 0.3) is 0 Å². The number of carbonyl (C=O) groups excluding carboxylic acids is 1. The summed E-state index contributed by atoms with van der Waals surface area (Å²) < 4.78 is 0. The van der Waals surface area contributed by atoms with Crippen LogP contribution in [0.1, 0.15) is 32.3 Å². The maximum absolute atomic E-state index is 11.1. The third kappa shape index (κ3) is 3.35. The summed E-state index contributed by atoms with van der Waals surface area (Å²) in [5.41, 5.74) is 6.05. The molecule has 0 radical (unpaired) electrons. The Morgan fingerprint density at radius 1 is 1.38 bits per heavy atom. The molecule has 88 valence electrons. The van der Waals surface area contributed by atoms with E-state index in [2.05, 4.69) is 12.2 Å². The molecule has 16 heavy (non-hydrogen) atoms. The van der Waals surface area contributed by atoms with Crippen molar-refractivity contribution in [3.05, 3.63) is 35.9 Å². The number of nitrogens with two attached hydrogens (primary N) is 1. The van der Waals surface area contributed by atoms with Crippen LogP contribution in [0.15, 0.2) is 30.3 Å². The van der Waals surface area contributed by atoms with Gasteiger partial charge in [-0.05, 0) is 25.5 Å².